The van der Waals surface area contributed by atoms with Crippen molar-refractivity contribution in [2.24, 2.45) is 5.10 Å². The van der Waals surface area contributed by atoms with E-state index in [4.69, 9.17) is 0 Å². The molecule has 1 N–H and O–H groups in total. The van der Waals surface area contributed by atoms with E-state index in [-0.39, 0.29) is 11.6 Å². The lowest BCUT2D eigenvalue weighted by Gasteiger charge is -2.04. The second kappa shape index (κ2) is 7.92. The van der Waals surface area contributed by atoms with Crippen LogP contribution in [0.15, 0.2) is 59.0 Å². The van der Waals surface area contributed by atoms with Gasteiger partial charge in [-0.1, -0.05) is 42.0 Å². The highest BCUT2D eigenvalue weighted by molar-refractivity contribution is 7.12. The Morgan fingerprint density at radius 3 is 2.59 bits per heavy atom. The van der Waals surface area contributed by atoms with Gasteiger partial charge in [-0.3, -0.25) is 14.9 Å². The standard InChI is InChI=1S/C20H17N3O3S/c1-13-3-7-16(8-4-13)17-9-10-27-19(17)20(24)22-21-12-15-6-5-14(2)18(11-15)23(25)26/h3-12H,1-2H3,(H,22,24)/b21-12-. The van der Waals surface area contributed by atoms with Gasteiger partial charge in [-0.25, -0.2) is 5.43 Å². The van der Waals surface area contributed by atoms with Crippen molar-refractivity contribution in [3.63, 3.8) is 0 Å². The fourth-order valence-corrected chi connectivity index (χ4v) is 3.37. The van der Waals surface area contributed by atoms with Crippen LogP contribution >= 0.6 is 11.3 Å². The second-order valence-electron chi connectivity index (χ2n) is 6.03. The molecule has 0 radical (unpaired) electrons. The molecular formula is C20H17N3O3S. The van der Waals surface area contributed by atoms with Crippen molar-refractivity contribution in [1.29, 1.82) is 0 Å². The fraction of sp³-hybridized carbons (Fsp3) is 0.100. The summed E-state index contributed by atoms with van der Waals surface area (Å²) in [5.74, 6) is -0.321. The molecule has 0 bridgehead atoms. The van der Waals surface area contributed by atoms with Crippen LogP contribution in [0.4, 0.5) is 5.69 Å². The lowest BCUT2D eigenvalue weighted by atomic mass is 10.1. The summed E-state index contributed by atoms with van der Waals surface area (Å²) in [5, 5.41) is 16.8. The van der Waals surface area contributed by atoms with Crippen LogP contribution < -0.4 is 5.43 Å². The van der Waals surface area contributed by atoms with Gasteiger partial charge in [-0.2, -0.15) is 5.10 Å². The predicted octanol–water partition coefficient (Wildman–Crippen LogP) is 4.70. The molecule has 0 aliphatic rings. The van der Waals surface area contributed by atoms with Gasteiger partial charge < -0.3 is 0 Å². The third kappa shape index (κ3) is 4.27. The molecule has 0 unspecified atom stereocenters. The normalized spacial score (nSPS) is 10.9. The maximum Gasteiger partial charge on any atom is 0.282 e. The van der Waals surface area contributed by atoms with E-state index in [0.29, 0.717) is 16.0 Å². The van der Waals surface area contributed by atoms with E-state index >= 15 is 0 Å². The van der Waals surface area contributed by atoms with Gasteiger partial charge in [0.1, 0.15) is 4.88 Å². The molecule has 136 valence electrons. The summed E-state index contributed by atoms with van der Waals surface area (Å²) in [4.78, 5) is 23.6. The lowest BCUT2D eigenvalue weighted by Crippen LogP contribution is -2.17. The first-order chi connectivity index (χ1) is 13.0. The number of carbonyl (C=O) groups excluding carboxylic acids is 1. The third-order valence-electron chi connectivity index (χ3n) is 4.04. The van der Waals surface area contributed by atoms with E-state index in [2.05, 4.69) is 10.5 Å². The molecule has 0 saturated carbocycles. The molecule has 6 nitrogen and oxygen atoms in total. The van der Waals surface area contributed by atoms with E-state index in [0.717, 1.165) is 16.7 Å². The van der Waals surface area contributed by atoms with Gasteiger partial charge in [0.15, 0.2) is 0 Å². The Hall–Kier alpha value is -3.32. The third-order valence-corrected chi connectivity index (χ3v) is 4.96. The minimum absolute atomic E-state index is 0.0187. The zero-order valence-corrected chi connectivity index (χ0v) is 15.6. The van der Waals surface area contributed by atoms with Gasteiger partial charge in [0.05, 0.1) is 11.1 Å². The zero-order valence-electron chi connectivity index (χ0n) is 14.8. The average molecular weight is 379 g/mol. The van der Waals surface area contributed by atoms with Gasteiger partial charge in [0, 0.05) is 22.8 Å². The highest BCUT2D eigenvalue weighted by Gasteiger charge is 2.14. The smallest absolute Gasteiger partial charge is 0.266 e. The number of nitrogens with one attached hydrogen (secondary N) is 1. The van der Waals surface area contributed by atoms with Crippen LogP contribution in [0.25, 0.3) is 11.1 Å². The minimum atomic E-state index is -0.440. The molecule has 0 aliphatic heterocycles. The van der Waals surface area contributed by atoms with Crippen LogP contribution in [0.2, 0.25) is 0 Å². The summed E-state index contributed by atoms with van der Waals surface area (Å²) in [7, 11) is 0. The number of nitro groups is 1. The SMILES string of the molecule is Cc1ccc(-c2ccsc2C(=O)N/N=C\c2ccc(C)c([N+](=O)[O-])c2)cc1. The van der Waals surface area contributed by atoms with Crippen molar-refractivity contribution in [1.82, 2.24) is 5.43 Å². The number of benzene rings is 2. The first kappa shape index (κ1) is 18.5. The summed E-state index contributed by atoms with van der Waals surface area (Å²) in [6.45, 7) is 3.68. The Kier molecular flexibility index (Phi) is 5.42. The van der Waals surface area contributed by atoms with E-state index in [1.165, 1.54) is 23.6 Å². The zero-order chi connectivity index (χ0) is 19.4. The number of hydrogen-bond donors (Lipinski definition) is 1. The number of hydrogen-bond acceptors (Lipinski definition) is 5. The number of carbonyl (C=O) groups is 1. The van der Waals surface area contributed by atoms with Gasteiger partial charge in [0.2, 0.25) is 0 Å². The number of thiophene rings is 1. The number of nitro benzene ring substituents is 1. The van der Waals surface area contributed by atoms with Gasteiger partial charge in [-0.15, -0.1) is 11.3 Å². The van der Waals surface area contributed by atoms with Crippen molar-refractivity contribution < 1.29 is 9.72 Å². The Labute approximate surface area is 160 Å². The molecule has 0 fully saturated rings. The highest BCUT2D eigenvalue weighted by atomic mass is 32.1. The average Bonchev–Trinajstić information content (AvgIpc) is 3.13. The lowest BCUT2D eigenvalue weighted by molar-refractivity contribution is -0.385. The van der Waals surface area contributed by atoms with E-state index in [9.17, 15) is 14.9 Å². The van der Waals surface area contributed by atoms with Crippen LogP contribution in [0.1, 0.15) is 26.4 Å². The first-order valence-corrected chi connectivity index (χ1v) is 9.06. The van der Waals surface area contributed by atoms with Crippen LogP contribution in [0.5, 0.6) is 0 Å². The number of hydrazone groups is 1. The summed E-state index contributed by atoms with van der Waals surface area (Å²) in [6.07, 6.45) is 1.39. The van der Waals surface area contributed by atoms with Crippen LogP contribution in [0, 0.1) is 24.0 Å². The highest BCUT2D eigenvalue weighted by Crippen LogP contribution is 2.28. The molecule has 0 saturated heterocycles. The molecule has 1 aromatic heterocycles. The van der Waals surface area contributed by atoms with E-state index in [1.807, 2.05) is 42.6 Å². The maximum absolute atomic E-state index is 12.5. The first-order valence-electron chi connectivity index (χ1n) is 8.18. The monoisotopic (exact) mass is 379 g/mol. The summed E-state index contributed by atoms with van der Waals surface area (Å²) < 4.78 is 0. The minimum Gasteiger partial charge on any atom is -0.266 e. The molecule has 0 spiro atoms. The number of rotatable bonds is 5. The van der Waals surface area contributed by atoms with E-state index in [1.54, 1.807) is 19.1 Å². The second-order valence-corrected chi connectivity index (χ2v) is 6.95. The molecule has 27 heavy (non-hydrogen) atoms. The summed E-state index contributed by atoms with van der Waals surface area (Å²) in [5.41, 5.74) is 6.58. The van der Waals surface area contributed by atoms with Crippen LogP contribution in [-0.4, -0.2) is 17.0 Å². The van der Waals surface area contributed by atoms with Gasteiger partial charge in [0.25, 0.3) is 11.6 Å². The van der Waals surface area contributed by atoms with Gasteiger partial charge in [-0.05, 0) is 30.9 Å². The van der Waals surface area contributed by atoms with Crippen molar-refractivity contribution in [3.05, 3.63) is 85.6 Å². The summed E-state index contributed by atoms with van der Waals surface area (Å²) >= 11 is 1.34. The maximum atomic E-state index is 12.5. The van der Waals surface area contributed by atoms with E-state index < -0.39 is 4.92 Å². The number of nitrogens with zero attached hydrogens (tertiary/aromatic N) is 2. The Morgan fingerprint density at radius 2 is 1.89 bits per heavy atom. The topological polar surface area (TPSA) is 84.6 Å². The Bertz CT molecular complexity index is 1020. The Morgan fingerprint density at radius 1 is 1.15 bits per heavy atom. The van der Waals surface area contributed by atoms with Gasteiger partial charge >= 0.3 is 0 Å². The van der Waals surface area contributed by atoms with Crippen LogP contribution in [0.3, 0.4) is 0 Å². The molecule has 3 aromatic rings. The van der Waals surface area contributed by atoms with Crippen molar-refractivity contribution in [3.8, 4) is 11.1 Å². The number of aryl methyl sites for hydroxylation is 2. The quantitative estimate of drug-likeness (QED) is 0.396. The van der Waals surface area contributed by atoms with Crippen LogP contribution in [-0.2, 0) is 0 Å². The van der Waals surface area contributed by atoms with Crippen molar-refractivity contribution in [2.75, 3.05) is 0 Å². The predicted molar refractivity (Wildman–Crippen MR) is 107 cm³/mol. The molecule has 2 aromatic carbocycles. The van der Waals surface area contributed by atoms with Crippen molar-refractivity contribution in [2.45, 2.75) is 13.8 Å². The molecular weight excluding hydrogens is 362 g/mol. The molecule has 0 aliphatic carbocycles. The molecule has 0 atom stereocenters. The van der Waals surface area contributed by atoms with Crippen molar-refractivity contribution >= 4 is 29.1 Å². The largest absolute Gasteiger partial charge is 0.282 e. The number of amides is 1. The fourth-order valence-electron chi connectivity index (χ4n) is 2.57. The Balaban J connectivity index is 1.75. The molecule has 7 heteroatoms. The molecule has 3 rings (SSSR count). The summed E-state index contributed by atoms with van der Waals surface area (Å²) in [6, 6.07) is 14.6. The molecule has 1 amide bonds. The molecule has 1 heterocycles.